The predicted molar refractivity (Wildman–Crippen MR) is 95.1 cm³/mol. The van der Waals surface area contributed by atoms with Crippen LogP contribution in [-0.2, 0) is 6.42 Å². The number of para-hydroxylation sites is 1. The summed E-state index contributed by atoms with van der Waals surface area (Å²) in [6.07, 6.45) is 4.19. The summed E-state index contributed by atoms with van der Waals surface area (Å²) in [7, 11) is 4.05. The fourth-order valence-electron chi connectivity index (χ4n) is 2.23. The highest BCUT2D eigenvalue weighted by Crippen LogP contribution is 2.17. The maximum absolute atomic E-state index is 12.4. The molecule has 2 N–H and O–H groups in total. The average molecular weight is 312 g/mol. The van der Waals surface area contributed by atoms with Crippen molar-refractivity contribution < 1.29 is 4.79 Å². The normalized spacial score (nSPS) is 10.6. The van der Waals surface area contributed by atoms with Crippen LogP contribution in [0, 0.1) is 0 Å². The first-order valence-electron chi connectivity index (χ1n) is 7.83. The summed E-state index contributed by atoms with van der Waals surface area (Å²) in [5.41, 5.74) is 3.37. The summed E-state index contributed by atoms with van der Waals surface area (Å²) in [5.74, 6) is -0.144. The lowest BCUT2D eigenvalue weighted by atomic mass is 10.1. The van der Waals surface area contributed by atoms with Crippen molar-refractivity contribution in [1.82, 2.24) is 9.88 Å². The molecular weight excluding hydrogens is 288 g/mol. The lowest BCUT2D eigenvalue weighted by Gasteiger charge is -2.12. The Morgan fingerprint density at radius 1 is 1.22 bits per heavy atom. The molecule has 122 valence electrons. The van der Waals surface area contributed by atoms with Gasteiger partial charge in [0.25, 0.3) is 5.91 Å². The van der Waals surface area contributed by atoms with Gasteiger partial charge in [-0.2, -0.15) is 0 Å². The molecule has 0 aliphatic carbocycles. The largest absolute Gasteiger partial charge is 0.382 e. The van der Waals surface area contributed by atoms with Crippen LogP contribution in [0.5, 0.6) is 0 Å². The Balaban J connectivity index is 2.04. The zero-order chi connectivity index (χ0) is 16.7. The lowest BCUT2D eigenvalue weighted by Crippen LogP contribution is -2.21. The van der Waals surface area contributed by atoms with Crippen molar-refractivity contribution >= 4 is 17.3 Å². The molecule has 0 fully saturated rings. The lowest BCUT2D eigenvalue weighted by molar-refractivity contribution is 0.102. The van der Waals surface area contributed by atoms with E-state index in [0.29, 0.717) is 5.56 Å². The Labute approximate surface area is 137 Å². The zero-order valence-electron chi connectivity index (χ0n) is 14.0. The standard InChI is InChI=1S/C18H24N4O/c1-4-14-7-5-6-8-17(14)21-18(23)15-11-16(13-19-12-15)20-9-10-22(2)3/h5-8,11-13,20H,4,9-10H2,1-3H3,(H,21,23). The zero-order valence-corrected chi connectivity index (χ0v) is 14.0. The Morgan fingerprint density at radius 3 is 2.74 bits per heavy atom. The van der Waals surface area contributed by atoms with E-state index in [1.54, 1.807) is 12.4 Å². The van der Waals surface area contributed by atoms with Crippen molar-refractivity contribution in [2.24, 2.45) is 0 Å². The molecular formula is C18H24N4O. The summed E-state index contributed by atoms with van der Waals surface area (Å²) in [5, 5.41) is 6.24. The highest BCUT2D eigenvalue weighted by Gasteiger charge is 2.09. The molecule has 2 rings (SSSR count). The van der Waals surface area contributed by atoms with E-state index >= 15 is 0 Å². The van der Waals surface area contributed by atoms with Gasteiger partial charge in [-0.05, 0) is 38.2 Å². The number of pyridine rings is 1. The van der Waals surface area contributed by atoms with E-state index in [1.165, 1.54) is 0 Å². The minimum Gasteiger partial charge on any atom is -0.382 e. The summed E-state index contributed by atoms with van der Waals surface area (Å²) in [6, 6.07) is 9.67. The molecule has 0 aliphatic rings. The molecule has 1 heterocycles. The number of anilines is 2. The average Bonchev–Trinajstić information content (AvgIpc) is 2.55. The van der Waals surface area contributed by atoms with Crippen LogP contribution >= 0.6 is 0 Å². The number of nitrogens with one attached hydrogen (secondary N) is 2. The smallest absolute Gasteiger partial charge is 0.257 e. The third kappa shape index (κ3) is 5.07. The molecule has 0 radical (unpaired) electrons. The van der Waals surface area contributed by atoms with Crippen molar-refractivity contribution in [2.75, 3.05) is 37.8 Å². The minimum absolute atomic E-state index is 0.144. The van der Waals surface area contributed by atoms with Gasteiger partial charge in [-0.3, -0.25) is 9.78 Å². The maximum atomic E-state index is 12.4. The first-order chi connectivity index (χ1) is 11.1. The van der Waals surface area contributed by atoms with Crippen molar-refractivity contribution in [3.63, 3.8) is 0 Å². The van der Waals surface area contributed by atoms with Gasteiger partial charge in [0.05, 0.1) is 11.3 Å². The number of carbonyl (C=O) groups is 1. The number of hydrogen-bond donors (Lipinski definition) is 2. The van der Waals surface area contributed by atoms with Crippen LogP contribution in [0.2, 0.25) is 0 Å². The molecule has 1 aromatic carbocycles. The second-order valence-electron chi connectivity index (χ2n) is 5.66. The number of amides is 1. The first kappa shape index (κ1) is 17.0. The number of carbonyl (C=O) groups excluding carboxylic acids is 1. The van der Waals surface area contributed by atoms with Crippen LogP contribution in [0.1, 0.15) is 22.8 Å². The van der Waals surface area contributed by atoms with Crippen molar-refractivity contribution in [2.45, 2.75) is 13.3 Å². The predicted octanol–water partition coefficient (Wildman–Crippen LogP) is 2.87. The molecule has 23 heavy (non-hydrogen) atoms. The number of aromatic nitrogens is 1. The van der Waals surface area contributed by atoms with Crippen LogP contribution in [0.3, 0.4) is 0 Å². The van der Waals surface area contributed by atoms with Crippen molar-refractivity contribution in [3.8, 4) is 0 Å². The fraction of sp³-hybridized carbons (Fsp3) is 0.333. The van der Waals surface area contributed by atoms with Gasteiger partial charge in [-0.1, -0.05) is 25.1 Å². The summed E-state index contributed by atoms with van der Waals surface area (Å²) < 4.78 is 0. The quantitative estimate of drug-likeness (QED) is 0.825. The van der Waals surface area contributed by atoms with Gasteiger partial charge in [0.1, 0.15) is 0 Å². The minimum atomic E-state index is -0.144. The summed E-state index contributed by atoms with van der Waals surface area (Å²) in [4.78, 5) is 18.7. The Kier molecular flexibility index (Phi) is 6.11. The summed E-state index contributed by atoms with van der Waals surface area (Å²) >= 11 is 0. The van der Waals surface area contributed by atoms with Crippen LogP contribution in [0.4, 0.5) is 11.4 Å². The molecule has 0 saturated heterocycles. The van der Waals surface area contributed by atoms with Crippen LogP contribution in [0.25, 0.3) is 0 Å². The van der Waals surface area contributed by atoms with Crippen molar-refractivity contribution in [3.05, 3.63) is 53.9 Å². The van der Waals surface area contributed by atoms with Crippen LogP contribution < -0.4 is 10.6 Å². The second-order valence-corrected chi connectivity index (χ2v) is 5.66. The number of rotatable bonds is 7. The van der Waals surface area contributed by atoms with Gasteiger partial charge >= 0.3 is 0 Å². The van der Waals surface area contributed by atoms with E-state index in [0.717, 1.165) is 36.4 Å². The van der Waals surface area contributed by atoms with E-state index in [4.69, 9.17) is 0 Å². The van der Waals surface area contributed by atoms with Gasteiger partial charge in [0.2, 0.25) is 0 Å². The topological polar surface area (TPSA) is 57.3 Å². The molecule has 1 amide bonds. The highest BCUT2D eigenvalue weighted by atomic mass is 16.1. The Morgan fingerprint density at radius 2 is 2.00 bits per heavy atom. The number of benzene rings is 1. The van der Waals surface area contributed by atoms with Crippen LogP contribution in [-0.4, -0.2) is 43.0 Å². The van der Waals surface area contributed by atoms with Crippen LogP contribution in [0.15, 0.2) is 42.7 Å². The van der Waals surface area contributed by atoms with E-state index in [9.17, 15) is 4.79 Å². The molecule has 0 saturated carbocycles. The van der Waals surface area contributed by atoms with E-state index in [-0.39, 0.29) is 5.91 Å². The third-order valence-corrected chi connectivity index (χ3v) is 3.54. The molecule has 0 atom stereocenters. The van der Waals surface area contributed by atoms with Gasteiger partial charge in [-0.25, -0.2) is 0 Å². The van der Waals surface area contributed by atoms with E-state index in [1.807, 2.05) is 44.4 Å². The monoisotopic (exact) mass is 312 g/mol. The fourth-order valence-corrected chi connectivity index (χ4v) is 2.23. The van der Waals surface area contributed by atoms with E-state index < -0.39 is 0 Å². The highest BCUT2D eigenvalue weighted by molar-refractivity contribution is 6.04. The SMILES string of the molecule is CCc1ccccc1NC(=O)c1cncc(NCCN(C)C)c1. The first-order valence-corrected chi connectivity index (χ1v) is 7.83. The van der Waals surface area contributed by atoms with Gasteiger partial charge in [0, 0.05) is 31.2 Å². The second kappa shape index (κ2) is 8.29. The number of aryl methyl sites for hydroxylation is 1. The molecule has 1 aromatic heterocycles. The molecule has 0 unspecified atom stereocenters. The van der Waals surface area contributed by atoms with Gasteiger partial charge in [-0.15, -0.1) is 0 Å². The molecule has 0 aliphatic heterocycles. The maximum Gasteiger partial charge on any atom is 0.257 e. The van der Waals surface area contributed by atoms with Crippen molar-refractivity contribution in [1.29, 1.82) is 0 Å². The number of nitrogens with zero attached hydrogens (tertiary/aromatic N) is 2. The number of hydrogen-bond acceptors (Lipinski definition) is 4. The number of likely N-dealkylation sites (N-methyl/N-ethyl adjacent to an activating group) is 1. The molecule has 0 spiro atoms. The third-order valence-electron chi connectivity index (χ3n) is 3.54. The Hall–Kier alpha value is -2.40. The van der Waals surface area contributed by atoms with E-state index in [2.05, 4.69) is 27.4 Å². The van der Waals surface area contributed by atoms with Gasteiger partial charge < -0.3 is 15.5 Å². The molecule has 5 nitrogen and oxygen atoms in total. The molecule has 2 aromatic rings. The molecule has 0 bridgehead atoms. The molecule has 5 heteroatoms. The summed E-state index contributed by atoms with van der Waals surface area (Å²) in [6.45, 7) is 3.79. The van der Waals surface area contributed by atoms with Gasteiger partial charge in [0.15, 0.2) is 0 Å². The Bertz CT molecular complexity index is 655.